The van der Waals surface area contributed by atoms with Gasteiger partial charge in [-0.1, -0.05) is 51.1 Å². The topological polar surface area (TPSA) is 37.2 Å². The zero-order valence-corrected chi connectivity index (χ0v) is 17.9. The monoisotopic (exact) mass is 389 g/mol. The number of piperazine rings is 1. The summed E-state index contributed by atoms with van der Waals surface area (Å²) in [5.41, 5.74) is 3.88. The smallest absolute Gasteiger partial charge is 0.153 e. The number of anilines is 1. The van der Waals surface area contributed by atoms with Crippen molar-refractivity contribution in [2.24, 2.45) is 0 Å². The summed E-state index contributed by atoms with van der Waals surface area (Å²) in [5, 5.41) is 4.49. The van der Waals surface area contributed by atoms with Crippen LogP contribution in [-0.2, 0) is 5.41 Å². The number of pyridine rings is 1. The van der Waals surface area contributed by atoms with Crippen molar-refractivity contribution in [2.45, 2.75) is 39.2 Å². The number of aromatic nitrogens is 3. The maximum atomic E-state index is 4.67. The van der Waals surface area contributed by atoms with Gasteiger partial charge in [0.1, 0.15) is 0 Å². The Morgan fingerprint density at radius 1 is 0.897 bits per heavy atom. The first-order valence-electron chi connectivity index (χ1n) is 10.5. The summed E-state index contributed by atoms with van der Waals surface area (Å²) in [4.78, 5) is 9.65. The number of rotatable bonds is 4. The molecule has 0 bridgehead atoms. The van der Waals surface area contributed by atoms with E-state index in [2.05, 4.69) is 96.2 Å². The highest BCUT2D eigenvalue weighted by atomic mass is 15.3. The number of hydrogen-bond donors (Lipinski definition) is 0. The normalized spacial score (nSPS) is 16.8. The minimum absolute atomic E-state index is 0.0920. The van der Waals surface area contributed by atoms with Crippen LogP contribution in [0, 0.1) is 0 Å². The van der Waals surface area contributed by atoms with Crippen LogP contribution in [0.2, 0.25) is 0 Å². The van der Waals surface area contributed by atoms with Crippen molar-refractivity contribution in [2.75, 3.05) is 31.1 Å². The predicted molar refractivity (Wildman–Crippen MR) is 119 cm³/mol. The number of benzene rings is 1. The summed E-state index contributed by atoms with van der Waals surface area (Å²) in [5.74, 6) is 0.862. The summed E-state index contributed by atoms with van der Waals surface area (Å²) in [6.45, 7) is 13.1. The molecule has 1 aromatic carbocycles. The second-order valence-corrected chi connectivity index (χ2v) is 8.91. The molecule has 5 nitrogen and oxygen atoms in total. The van der Waals surface area contributed by atoms with Gasteiger partial charge in [-0.05, 0) is 35.6 Å². The molecule has 0 radical (unpaired) electrons. The zero-order valence-electron chi connectivity index (χ0n) is 17.9. The third-order valence-electron chi connectivity index (χ3n) is 5.92. The highest BCUT2D eigenvalue weighted by molar-refractivity contribution is 5.47. The Hall–Kier alpha value is -2.66. The molecular weight excluding hydrogens is 358 g/mol. The quantitative estimate of drug-likeness (QED) is 0.661. The lowest BCUT2D eigenvalue weighted by Crippen LogP contribution is -2.47. The summed E-state index contributed by atoms with van der Waals surface area (Å²) in [7, 11) is 0. The van der Waals surface area contributed by atoms with Gasteiger partial charge in [-0.2, -0.15) is 5.10 Å². The molecule has 1 aliphatic rings. The molecule has 1 fully saturated rings. The SMILES string of the molecule is CC(c1ccccc1)N1CCN(c2ccc(-n3cc(C(C)(C)C)cn3)nc2)CC1. The van der Waals surface area contributed by atoms with Crippen molar-refractivity contribution in [3.63, 3.8) is 0 Å². The maximum Gasteiger partial charge on any atom is 0.153 e. The van der Waals surface area contributed by atoms with E-state index in [9.17, 15) is 0 Å². The fraction of sp³-hybridized carbons (Fsp3) is 0.417. The number of hydrogen-bond acceptors (Lipinski definition) is 4. The first-order chi connectivity index (χ1) is 13.9. The summed E-state index contributed by atoms with van der Waals surface area (Å²) >= 11 is 0. The van der Waals surface area contributed by atoms with Crippen molar-refractivity contribution in [3.05, 3.63) is 72.2 Å². The molecule has 1 unspecified atom stereocenters. The fourth-order valence-corrected chi connectivity index (χ4v) is 3.85. The Labute approximate surface area is 174 Å². The van der Waals surface area contributed by atoms with Gasteiger partial charge in [0.25, 0.3) is 0 Å². The Bertz CT molecular complexity index is 916. The second kappa shape index (κ2) is 7.99. The van der Waals surface area contributed by atoms with Crippen LogP contribution in [0.5, 0.6) is 0 Å². The van der Waals surface area contributed by atoms with Crippen molar-refractivity contribution in [1.29, 1.82) is 0 Å². The lowest BCUT2D eigenvalue weighted by atomic mass is 9.90. The Morgan fingerprint density at radius 2 is 1.62 bits per heavy atom. The molecule has 4 rings (SSSR count). The van der Waals surface area contributed by atoms with Gasteiger partial charge in [0, 0.05) is 38.4 Å². The molecule has 0 saturated carbocycles. The standard InChI is InChI=1S/C24H31N5/c1-19(20-8-6-5-7-9-20)27-12-14-28(15-13-27)22-10-11-23(25-17-22)29-18-21(16-26-29)24(2,3)4/h5-11,16-19H,12-15H2,1-4H3. The van der Waals surface area contributed by atoms with Gasteiger partial charge in [-0.15, -0.1) is 0 Å². The van der Waals surface area contributed by atoms with E-state index >= 15 is 0 Å². The van der Waals surface area contributed by atoms with Gasteiger partial charge in [0.15, 0.2) is 5.82 Å². The van der Waals surface area contributed by atoms with Gasteiger partial charge < -0.3 is 4.90 Å². The highest BCUT2D eigenvalue weighted by Gasteiger charge is 2.22. The van der Waals surface area contributed by atoms with Gasteiger partial charge in [0.05, 0.1) is 18.1 Å². The zero-order chi connectivity index (χ0) is 20.4. The molecule has 0 aliphatic carbocycles. The van der Waals surface area contributed by atoms with Gasteiger partial charge in [-0.3, -0.25) is 4.90 Å². The van der Waals surface area contributed by atoms with E-state index in [1.807, 2.05) is 17.1 Å². The molecule has 3 heterocycles. The summed E-state index contributed by atoms with van der Waals surface area (Å²) < 4.78 is 1.86. The molecule has 3 aromatic rings. The average Bonchev–Trinajstić information content (AvgIpc) is 3.25. The van der Waals surface area contributed by atoms with E-state index in [4.69, 9.17) is 0 Å². The Kier molecular flexibility index (Phi) is 5.41. The van der Waals surface area contributed by atoms with Crippen LogP contribution in [0.3, 0.4) is 0 Å². The summed E-state index contributed by atoms with van der Waals surface area (Å²) in [6, 6.07) is 15.5. The average molecular weight is 390 g/mol. The third kappa shape index (κ3) is 4.35. The first kappa shape index (κ1) is 19.6. The Balaban J connectivity index is 1.39. The van der Waals surface area contributed by atoms with Crippen molar-refractivity contribution in [1.82, 2.24) is 19.7 Å². The number of nitrogens with zero attached hydrogens (tertiary/aromatic N) is 5. The van der Waals surface area contributed by atoms with Gasteiger partial charge in [0.2, 0.25) is 0 Å². The van der Waals surface area contributed by atoms with Crippen molar-refractivity contribution >= 4 is 5.69 Å². The van der Waals surface area contributed by atoms with E-state index in [-0.39, 0.29) is 5.41 Å². The molecule has 0 N–H and O–H groups in total. The molecule has 2 aromatic heterocycles. The Morgan fingerprint density at radius 3 is 2.21 bits per heavy atom. The molecule has 0 spiro atoms. The van der Waals surface area contributed by atoms with E-state index in [0.717, 1.165) is 32.0 Å². The fourth-order valence-electron chi connectivity index (χ4n) is 3.85. The molecule has 1 atom stereocenters. The van der Waals surface area contributed by atoms with E-state index < -0.39 is 0 Å². The third-order valence-corrected chi connectivity index (χ3v) is 5.92. The van der Waals surface area contributed by atoms with Crippen LogP contribution >= 0.6 is 0 Å². The maximum absolute atomic E-state index is 4.67. The molecule has 5 heteroatoms. The van der Waals surface area contributed by atoms with Crippen LogP contribution in [-0.4, -0.2) is 45.8 Å². The largest absolute Gasteiger partial charge is 0.368 e. The molecule has 1 saturated heterocycles. The minimum Gasteiger partial charge on any atom is -0.368 e. The van der Waals surface area contributed by atoms with Gasteiger partial charge in [-0.25, -0.2) is 9.67 Å². The lowest BCUT2D eigenvalue weighted by Gasteiger charge is -2.39. The van der Waals surface area contributed by atoms with Crippen molar-refractivity contribution < 1.29 is 0 Å². The highest BCUT2D eigenvalue weighted by Crippen LogP contribution is 2.25. The van der Waals surface area contributed by atoms with E-state index in [0.29, 0.717) is 6.04 Å². The van der Waals surface area contributed by atoms with Crippen LogP contribution in [0.15, 0.2) is 61.1 Å². The van der Waals surface area contributed by atoms with Crippen LogP contribution in [0.4, 0.5) is 5.69 Å². The van der Waals surface area contributed by atoms with Crippen LogP contribution < -0.4 is 4.90 Å². The van der Waals surface area contributed by atoms with Gasteiger partial charge >= 0.3 is 0 Å². The molecule has 1 aliphatic heterocycles. The predicted octanol–water partition coefficient (Wildman–Crippen LogP) is 4.45. The molecular formula is C24H31N5. The van der Waals surface area contributed by atoms with Crippen molar-refractivity contribution in [3.8, 4) is 5.82 Å². The molecule has 29 heavy (non-hydrogen) atoms. The van der Waals surface area contributed by atoms with Crippen LogP contribution in [0.25, 0.3) is 5.82 Å². The molecule has 0 amide bonds. The summed E-state index contributed by atoms with van der Waals surface area (Å²) in [6.07, 6.45) is 5.98. The second-order valence-electron chi connectivity index (χ2n) is 8.91. The van der Waals surface area contributed by atoms with E-state index in [1.165, 1.54) is 16.8 Å². The van der Waals surface area contributed by atoms with Crippen LogP contribution in [0.1, 0.15) is 44.9 Å². The minimum atomic E-state index is 0.0920. The molecule has 152 valence electrons. The van der Waals surface area contributed by atoms with E-state index in [1.54, 1.807) is 0 Å². The first-order valence-corrected chi connectivity index (χ1v) is 10.5. The lowest BCUT2D eigenvalue weighted by molar-refractivity contribution is 0.198.